The zero-order valence-corrected chi connectivity index (χ0v) is 10.7. The molecule has 1 aromatic carbocycles. The molecule has 1 saturated heterocycles. The van der Waals surface area contributed by atoms with Crippen LogP contribution >= 0.6 is 0 Å². The van der Waals surface area contributed by atoms with E-state index in [4.69, 9.17) is 0 Å². The fourth-order valence-corrected chi connectivity index (χ4v) is 2.99. The molecule has 0 radical (unpaired) electrons. The maximum atomic E-state index is 12.6. The van der Waals surface area contributed by atoms with Crippen molar-refractivity contribution < 1.29 is 4.79 Å². The summed E-state index contributed by atoms with van der Waals surface area (Å²) in [5.41, 5.74) is 2.44. The minimum atomic E-state index is -0.112. The molecule has 1 N–H and O–H groups in total. The molecular formula is C15H20N2O. The Balaban J connectivity index is 1.77. The molecule has 0 spiro atoms. The lowest BCUT2D eigenvalue weighted by Gasteiger charge is -2.24. The molecule has 1 atom stereocenters. The second-order valence-corrected chi connectivity index (χ2v) is 5.25. The minimum absolute atomic E-state index is 0.112. The summed E-state index contributed by atoms with van der Waals surface area (Å²) in [4.78, 5) is 14.6. The van der Waals surface area contributed by atoms with Crippen LogP contribution in [0, 0.1) is 0 Å². The topological polar surface area (TPSA) is 32.3 Å². The molecule has 18 heavy (non-hydrogen) atoms. The third-order valence-corrected chi connectivity index (χ3v) is 4.03. The highest BCUT2D eigenvalue weighted by Crippen LogP contribution is 2.27. The van der Waals surface area contributed by atoms with Crippen LogP contribution in [0.25, 0.3) is 0 Å². The van der Waals surface area contributed by atoms with Gasteiger partial charge >= 0.3 is 0 Å². The first-order valence-corrected chi connectivity index (χ1v) is 6.96. The zero-order chi connectivity index (χ0) is 12.4. The van der Waals surface area contributed by atoms with Gasteiger partial charge in [-0.05, 0) is 24.0 Å². The number of likely N-dealkylation sites (tertiary alicyclic amines) is 1. The van der Waals surface area contributed by atoms with E-state index in [2.05, 4.69) is 17.4 Å². The zero-order valence-electron chi connectivity index (χ0n) is 10.7. The number of carbonyl (C=O) groups is 1. The molecule has 3 nitrogen and oxygen atoms in total. The highest BCUT2D eigenvalue weighted by atomic mass is 16.2. The van der Waals surface area contributed by atoms with Crippen LogP contribution in [0.2, 0.25) is 0 Å². The van der Waals surface area contributed by atoms with E-state index in [1.54, 1.807) is 0 Å². The van der Waals surface area contributed by atoms with Crippen molar-refractivity contribution in [3.8, 4) is 0 Å². The van der Waals surface area contributed by atoms with Crippen molar-refractivity contribution in [3.63, 3.8) is 0 Å². The lowest BCUT2D eigenvalue weighted by atomic mass is 10.0. The Bertz CT molecular complexity index is 436. The standard InChI is InChI=1S/C15H20N2O/c18-15(17-9-5-1-2-6-10-17)14-13-8-4-3-7-12(13)11-16-14/h3-4,7-8,14,16H,1-2,5-6,9-11H2. The number of benzene rings is 1. The van der Waals surface area contributed by atoms with E-state index in [9.17, 15) is 4.79 Å². The van der Waals surface area contributed by atoms with E-state index in [1.165, 1.54) is 24.0 Å². The molecule has 3 heteroatoms. The van der Waals surface area contributed by atoms with Gasteiger partial charge in [0, 0.05) is 19.6 Å². The molecule has 1 amide bonds. The third-order valence-electron chi connectivity index (χ3n) is 4.03. The Morgan fingerprint density at radius 2 is 1.83 bits per heavy atom. The number of carbonyl (C=O) groups excluding carboxylic acids is 1. The van der Waals surface area contributed by atoms with Gasteiger partial charge in [-0.15, -0.1) is 0 Å². The molecule has 1 unspecified atom stereocenters. The van der Waals surface area contributed by atoms with Crippen molar-refractivity contribution in [2.45, 2.75) is 38.3 Å². The van der Waals surface area contributed by atoms with Crippen LogP contribution in [0.1, 0.15) is 42.9 Å². The minimum Gasteiger partial charge on any atom is -0.341 e. The average Bonchev–Trinajstić information content (AvgIpc) is 2.65. The van der Waals surface area contributed by atoms with Gasteiger partial charge in [-0.3, -0.25) is 10.1 Å². The fourth-order valence-electron chi connectivity index (χ4n) is 2.99. The summed E-state index contributed by atoms with van der Waals surface area (Å²) >= 11 is 0. The van der Waals surface area contributed by atoms with Crippen LogP contribution in [-0.2, 0) is 11.3 Å². The smallest absolute Gasteiger partial charge is 0.244 e. The van der Waals surface area contributed by atoms with Crippen molar-refractivity contribution in [1.29, 1.82) is 0 Å². The maximum Gasteiger partial charge on any atom is 0.244 e. The third kappa shape index (κ3) is 2.15. The number of rotatable bonds is 1. The first-order valence-electron chi connectivity index (χ1n) is 6.96. The van der Waals surface area contributed by atoms with Crippen molar-refractivity contribution in [3.05, 3.63) is 35.4 Å². The molecule has 1 aromatic rings. The van der Waals surface area contributed by atoms with E-state index < -0.39 is 0 Å². The fraction of sp³-hybridized carbons (Fsp3) is 0.533. The molecule has 96 valence electrons. The summed E-state index contributed by atoms with van der Waals surface area (Å²) in [6.07, 6.45) is 4.83. The quantitative estimate of drug-likeness (QED) is 0.821. The number of hydrogen-bond acceptors (Lipinski definition) is 2. The van der Waals surface area contributed by atoms with E-state index in [1.807, 2.05) is 17.0 Å². The molecule has 1 fully saturated rings. The summed E-state index contributed by atoms with van der Waals surface area (Å²) in [6.45, 7) is 2.68. The normalized spacial score (nSPS) is 23.6. The second-order valence-electron chi connectivity index (χ2n) is 5.25. The van der Waals surface area contributed by atoms with E-state index in [0.29, 0.717) is 0 Å². The first kappa shape index (κ1) is 11.7. The number of fused-ring (bicyclic) bond motifs is 1. The summed E-state index contributed by atoms with van der Waals surface area (Å²) in [5, 5.41) is 3.35. The van der Waals surface area contributed by atoms with Crippen LogP contribution in [0.4, 0.5) is 0 Å². The second kappa shape index (κ2) is 5.11. The lowest BCUT2D eigenvalue weighted by Crippen LogP contribution is -2.39. The molecule has 0 saturated carbocycles. The van der Waals surface area contributed by atoms with Crippen LogP contribution in [-0.4, -0.2) is 23.9 Å². The lowest BCUT2D eigenvalue weighted by molar-refractivity contribution is -0.133. The highest BCUT2D eigenvalue weighted by Gasteiger charge is 2.31. The molecule has 0 aromatic heterocycles. The number of hydrogen-bond donors (Lipinski definition) is 1. The van der Waals surface area contributed by atoms with Gasteiger partial charge in [0.05, 0.1) is 0 Å². The van der Waals surface area contributed by atoms with Gasteiger partial charge in [0.15, 0.2) is 0 Å². The van der Waals surface area contributed by atoms with Gasteiger partial charge in [0.1, 0.15) is 6.04 Å². The van der Waals surface area contributed by atoms with Gasteiger partial charge in [0.25, 0.3) is 0 Å². The number of amides is 1. The number of nitrogens with zero attached hydrogens (tertiary/aromatic N) is 1. The SMILES string of the molecule is O=C(C1NCc2ccccc21)N1CCCCCC1. The Labute approximate surface area is 108 Å². The largest absolute Gasteiger partial charge is 0.341 e. The van der Waals surface area contributed by atoms with E-state index >= 15 is 0 Å². The van der Waals surface area contributed by atoms with Gasteiger partial charge in [-0.2, -0.15) is 0 Å². The molecule has 2 heterocycles. The van der Waals surface area contributed by atoms with Gasteiger partial charge in [-0.25, -0.2) is 0 Å². The van der Waals surface area contributed by atoms with Crippen LogP contribution in [0.3, 0.4) is 0 Å². The average molecular weight is 244 g/mol. The monoisotopic (exact) mass is 244 g/mol. The van der Waals surface area contributed by atoms with Crippen LogP contribution in [0.15, 0.2) is 24.3 Å². The Kier molecular flexibility index (Phi) is 3.33. The van der Waals surface area contributed by atoms with E-state index in [0.717, 1.165) is 32.5 Å². The molecule has 0 aliphatic carbocycles. The van der Waals surface area contributed by atoms with Crippen LogP contribution in [0.5, 0.6) is 0 Å². The predicted octanol–water partition coefficient (Wildman–Crippen LogP) is 2.23. The maximum absolute atomic E-state index is 12.6. The summed E-state index contributed by atoms with van der Waals surface area (Å²) < 4.78 is 0. The van der Waals surface area contributed by atoms with Crippen molar-refractivity contribution in [2.75, 3.05) is 13.1 Å². The molecule has 2 aliphatic heterocycles. The van der Waals surface area contributed by atoms with Gasteiger partial charge in [-0.1, -0.05) is 37.1 Å². The highest BCUT2D eigenvalue weighted by molar-refractivity contribution is 5.84. The molecule has 3 rings (SSSR count). The Morgan fingerprint density at radius 1 is 1.11 bits per heavy atom. The van der Waals surface area contributed by atoms with Crippen LogP contribution < -0.4 is 5.32 Å². The summed E-state index contributed by atoms with van der Waals surface area (Å²) in [6, 6.07) is 8.14. The van der Waals surface area contributed by atoms with Gasteiger partial charge < -0.3 is 4.90 Å². The van der Waals surface area contributed by atoms with Crippen molar-refractivity contribution in [1.82, 2.24) is 10.2 Å². The summed E-state index contributed by atoms with van der Waals surface area (Å²) in [5.74, 6) is 0.266. The molecular weight excluding hydrogens is 224 g/mol. The summed E-state index contributed by atoms with van der Waals surface area (Å²) in [7, 11) is 0. The molecule has 0 bridgehead atoms. The van der Waals surface area contributed by atoms with Crippen molar-refractivity contribution in [2.24, 2.45) is 0 Å². The van der Waals surface area contributed by atoms with Crippen molar-refractivity contribution >= 4 is 5.91 Å². The van der Waals surface area contributed by atoms with Gasteiger partial charge in [0.2, 0.25) is 5.91 Å². The molecule has 2 aliphatic rings. The predicted molar refractivity (Wildman–Crippen MR) is 71.1 cm³/mol. The number of nitrogens with one attached hydrogen (secondary N) is 1. The Morgan fingerprint density at radius 3 is 2.61 bits per heavy atom. The van der Waals surface area contributed by atoms with E-state index in [-0.39, 0.29) is 11.9 Å². The Hall–Kier alpha value is -1.35. The first-order chi connectivity index (χ1) is 8.86.